The van der Waals surface area contributed by atoms with Gasteiger partial charge in [-0.15, -0.1) is 0 Å². The molecule has 0 fully saturated rings. The molecule has 0 aliphatic rings. The minimum Gasteiger partial charge on any atom is -0.392 e. The van der Waals surface area contributed by atoms with E-state index in [0.29, 0.717) is 11.3 Å². The number of alkyl halides is 2. The van der Waals surface area contributed by atoms with E-state index < -0.39 is 18.8 Å². The molecule has 5 heteroatoms. The van der Waals surface area contributed by atoms with Crippen molar-refractivity contribution < 1.29 is 18.3 Å². The molecule has 0 aliphatic heterocycles. The molecule has 1 aromatic rings. The molecule has 0 bridgehead atoms. The maximum atomic E-state index is 13.0. The van der Waals surface area contributed by atoms with Gasteiger partial charge in [-0.05, 0) is 23.8 Å². The van der Waals surface area contributed by atoms with Gasteiger partial charge in [-0.1, -0.05) is 0 Å². The molecular formula is C10H12F3NO. The molecule has 2 nitrogen and oxygen atoms in total. The van der Waals surface area contributed by atoms with E-state index in [-0.39, 0.29) is 6.61 Å². The normalized spacial score (nSPS) is 10.8. The number of benzene rings is 1. The van der Waals surface area contributed by atoms with Crippen molar-refractivity contribution in [3.8, 4) is 0 Å². The molecular weight excluding hydrogens is 207 g/mol. The van der Waals surface area contributed by atoms with E-state index in [1.54, 1.807) is 0 Å². The number of aliphatic hydroxyl groups is 1. The lowest BCUT2D eigenvalue weighted by molar-refractivity contribution is 0.156. The molecule has 0 aliphatic carbocycles. The largest absolute Gasteiger partial charge is 0.392 e. The van der Waals surface area contributed by atoms with E-state index in [4.69, 9.17) is 5.11 Å². The zero-order valence-electron chi connectivity index (χ0n) is 8.25. The van der Waals surface area contributed by atoms with Crippen LogP contribution in [0.5, 0.6) is 0 Å². The Morgan fingerprint density at radius 3 is 2.53 bits per heavy atom. The first-order chi connectivity index (χ1) is 7.02. The van der Waals surface area contributed by atoms with Crippen molar-refractivity contribution in [1.29, 1.82) is 0 Å². The number of nitrogens with zero attached hydrogens (tertiary/aromatic N) is 1. The van der Waals surface area contributed by atoms with Crippen molar-refractivity contribution in [2.45, 2.75) is 13.0 Å². The van der Waals surface area contributed by atoms with Crippen LogP contribution in [0.3, 0.4) is 0 Å². The fourth-order valence-electron chi connectivity index (χ4n) is 1.26. The van der Waals surface area contributed by atoms with E-state index in [2.05, 4.69) is 0 Å². The average Bonchev–Trinajstić information content (AvgIpc) is 2.15. The second kappa shape index (κ2) is 5.02. The van der Waals surface area contributed by atoms with Crippen molar-refractivity contribution in [3.63, 3.8) is 0 Å². The Hall–Kier alpha value is -1.23. The van der Waals surface area contributed by atoms with Crippen LogP contribution in [0.4, 0.5) is 18.9 Å². The third-order valence-corrected chi connectivity index (χ3v) is 1.98. The van der Waals surface area contributed by atoms with Gasteiger partial charge in [0.15, 0.2) is 0 Å². The molecule has 0 saturated carbocycles. The van der Waals surface area contributed by atoms with E-state index in [0.717, 1.165) is 6.07 Å². The SMILES string of the molecule is CN(CC(F)F)c1cc(F)cc(CO)c1. The third kappa shape index (κ3) is 3.43. The average molecular weight is 219 g/mol. The van der Waals surface area contributed by atoms with Crippen molar-refractivity contribution in [2.75, 3.05) is 18.5 Å². The highest BCUT2D eigenvalue weighted by Gasteiger charge is 2.10. The lowest BCUT2D eigenvalue weighted by Gasteiger charge is -2.19. The zero-order chi connectivity index (χ0) is 11.4. The van der Waals surface area contributed by atoms with Crippen LogP contribution in [0.15, 0.2) is 18.2 Å². The quantitative estimate of drug-likeness (QED) is 0.837. The van der Waals surface area contributed by atoms with Crippen molar-refractivity contribution in [1.82, 2.24) is 0 Å². The van der Waals surface area contributed by atoms with Gasteiger partial charge < -0.3 is 10.0 Å². The summed E-state index contributed by atoms with van der Waals surface area (Å²) in [6.07, 6.45) is -2.48. The number of anilines is 1. The summed E-state index contributed by atoms with van der Waals surface area (Å²) in [5.41, 5.74) is 0.700. The monoisotopic (exact) mass is 219 g/mol. The van der Waals surface area contributed by atoms with E-state index >= 15 is 0 Å². The molecule has 0 amide bonds. The second-order valence-electron chi connectivity index (χ2n) is 3.25. The van der Waals surface area contributed by atoms with Crippen LogP contribution in [-0.4, -0.2) is 25.1 Å². The maximum absolute atomic E-state index is 13.0. The van der Waals surface area contributed by atoms with Crippen LogP contribution in [0.25, 0.3) is 0 Å². The number of aliphatic hydroxyl groups excluding tert-OH is 1. The highest BCUT2D eigenvalue weighted by Crippen LogP contribution is 2.18. The summed E-state index contributed by atoms with van der Waals surface area (Å²) in [5, 5.41) is 8.82. The second-order valence-corrected chi connectivity index (χ2v) is 3.25. The van der Waals surface area contributed by atoms with Gasteiger partial charge in [0.25, 0.3) is 6.43 Å². The molecule has 1 aromatic carbocycles. The summed E-state index contributed by atoms with van der Waals surface area (Å²) in [4.78, 5) is 1.24. The summed E-state index contributed by atoms with van der Waals surface area (Å²) in [5.74, 6) is -0.544. The van der Waals surface area contributed by atoms with Gasteiger partial charge in [-0.2, -0.15) is 0 Å². The lowest BCUT2D eigenvalue weighted by atomic mass is 10.2. The smallest absolute Gasteiger partial charge is 0.255 e. The molecule has 1 N–H and O–H groups in total. The first kappa shape index (κ1) is 11.8. The topological polar surface area (TPSA) is 23.5 Å². The Labute approximate surface area is 85.9 Å². The minimum atomic E-state index is -2.48. The molecule has 15 heavy (non-hydrogen) atoms. The number of rotatable bonds is 4. The number of hydrogen-bond donors (Lipinski definition) is 1. The van der Waals surface area contributed by atoms with E-state index in [1.807, 2.05) is 0 Å². The summed E-state index contributed by atoms with van der Waals surface area (Å²) in [7, 11) is 1.45. The fraction of sp³-hybridized carbons (Fsp3) is 0.400. The summed E-state index contributed by atoms with van der Waals surface area (Å²) >= 11 is 0. The predicted octanol–water partition coefficient (Wildman–Crippen LogP) is 2.02. The first-order valence-electron chi connectivity index (χ1n) is 4.42. The van der Waals surface area contributed by atoms with Crippen LogP contribution in [0, 0.1) is 5.82 Å². The highest BCUT2D eigenvalue weighted by molar-refractivity contribution is 5.48. The predicted molar refractivity (Wildman–Crippen MR) is 51.6 cm³/mol. The van der Waals surface area contributed by atoms with E-state index in [1.165, 1.54) is 24.1 Å². The molecule has 0 aromatic heterocycles. The van der Waals surface area contributed by atoms with Gasteiger partial charge in [-0.3, -0.25) is 0 Å². The molecule has 0 radical (unpaired) electrons. The van der Waals surface area contributed by atoms with Crippen LogP contribution < -0.4 is 4.90 Å². The lowest BCUT2D eigenvalue weighted by Crippen LogP contribution is -2.24. The summed E-state index contributed by atoms with van der Waals surface area (Å²) in [6, 6.07) is 3.80. The van der Waals surface area contributed by atoms with Gasteiger partial charge >= 0.3 is 0 Å². The number of hydrogen-bond acceptors (Lipinski definition) is 2. The molecule has 0 spiro atoms. The Bertz CT molecular complexity index is 330. The number of halogens is 3. The van der Waals surface area contributed by atoms with Gasteiger partial charge in [0.2, 0.25) is 0 Å². The van der Waals surface area contributed by atoms with Gasteiger partial charge in [0.1, 0.15) is 5.82 Å². The van der Waals surface area contributed by atoms with Crippen molar-refractivity contribution in [2.24, 2.45) is 0 Å². The first-order valence-corrected chi connectivity index (χ1v) is 4.42. The Balaban J connectivity index is 2.88. The molecule has 0 heterocycles. The molecule has 0 atom stereocenters. The van der Waals surface area contributed by atoms with Crippen LogP contribution in [0.2, 0.25) is 0 Å². The van der Waals surface area contributed by atoms with Crippen LogP contribution in [-0.2, 0) is 6.61 Å². The Morgan fingerprint density at radius 2 is 2.00 bits per heavy atom. The van der Waals surface area contributed by atoms with Crippen LogP contribution in [0.1, 0.15) is 5.56 Å². The van der Waals surface area contributed by atoms with Gasteiger partial charge in [0.05, 0.1) is 13.2 Å². The summed E-state index contributed by atoms with van der Waals surface area (Å²) in [6.45, 7) is -0.776. The Morgan fingerprint density at radius 1 is 1.33 bits per heavy atom. The standard InChI is InChI=1S/C10H12F3NO/c1-14(5-10(12)13)9-3-7(6-15)2-8(11)4-9/h2-4,10,15H,5-6H2,1H3. The molecule has 84 valence electrons. The Kier molecular flexibility index (Phi) is 3.96. The van der Waals surface area contributed by atoms with E-state index in [9.17, 15) is 13.2 Å². The zero-order valence-corrected chi connectivity index (χ0v) is 8.25. The maximum Gasteiger partial charge on any atom is 0.255 e. The highest BCUT2D eigenvalue weighted by atomic mass is 19.3. The summed E-state index contributed by atoms with van der Waals surface area (Å²) < 4.78 is 37.1. The van der Waals surface area contributed by atoms with Gasteiger partial charge in [0, 0.05) is 12.7 Å². The fourth-order valence-corrected chi connectivity index (χ4v) is 1.26. The molecule has 1 rings (SSSR count). The van der Waals surface area contributed by atoms with Crippen molar-refractivity contribution >= 4 is 5.69 Å². The molecule has 0 saturated heterocycles. The van der Waals surface area contributed by atoms with Crippen LogP contribution >= 0.6 is 0 Å². The van der Waals surface area contributed by atoms with Gasteiger partial charge in [-0.25, -0.2) is 13.2 Å². The third-order valence-electron chi connectivity index (χ3n) is 1.98. The van der Waals surface area contributed by atoms with Crippen molar-refractivity contribution in [3.05, 3.63) is 29.6 Å². The molecule has 0 unspecified atom stereocenters. The minimum absolute atomic E-state index is 0.312.